The number of carbonyl (C=O) groups excluding carboxylic acids is 3. The zero-order valence-corrected chi connectivity index (χ0v) is 29.3. The molecule has 5 amide bonds. The fourth-order valence-electron chi connectivity index (χ4n) is 5.54. The number of rotatable bonds is 8. The highest BCUT2D eigenvalue weighted by Gasteiger charge is 2.31. The average molecular weight is 694 g/mol. The molecule has 1 aliphatic heterocycles. The Morgan fingerprint density at radius 2 is 1.64 bits per heavy atom. The van der Waals surface area contributed by atoms with E-state index < -0.39 is 29.9 Å². The van der Waals surface area contributed by atoms with E-state index in [2.05, 4.69) is 16.0 Å². The molecule has 270 valence electrons. The number of carbonyl (C=O) groups is 3. The van der Waals surface area contributed by atoms with Crippen molar-refractivity contribution in [2.75, 3.05) is 56.4 Å². The van der Waals surface area contributed by atoms with E-state index in [0.29, 0.717) is 41.6 Å². The Morgan fingerprint density at radius 1 is 1.00 bits per heavy atom. The molecule has 13 heteroatoms. The summed E-state index contributed by atoms with van der Waals surface area (Å²) >= 11 is 0. The first-order valence-electron chi connectivity index (χ1n) is 16.8. The summed E-state index contributed by atoms with van der Waals surface area (Å²) in [6, 6.07) is 15.8. The fraction of sp³-hybridized carbons (Fsp3) is 0.432. The van der Waals surface area contributed by atoms with E-state index >= 15 is 0 Å². The summed E-state index contributed by atoms with van der Waals surface area (Å²) in [5.74, 6) is -0.0404. The second-order valence-electron chi connectivity index (χ2n) is 12.6. The predicted molar refractivity (Wildman–Crippen MR) is 191 cm³/mol. The van der Waals surface area contributed by atoms with Crippen molar-refractivity contribution in [3.63, 3.8) is 0 Å². The van der Waals surface area contributed by atoms with Crippen molar-refractivity contribution in [1.29, 1.82) is 0 Å². The SMILES string of the molecule is COc1ccc(NC(=O)N(C)C[C@H]2OCCCC[C@@H](C)Oc3ccc(NC(=O)Nc4ccc(F)cc4)cc3C(=O)N([C@H](C)CO)C[C@@H]2C)cc1. The number of urea groups is 2. The molecule has 4 atom stereocenters. The zero-order valence-electron chi connectivity index (χ0n) is 29.3. The number of methoxy groups -OCH3 is 1. The minimum absolute atomic E-state index is 0.205. The zero-order chi connectivity index (χ0) is 36.2. The first kappa shape index (κ1) is 37.9. The van der Waals surface area contributed by atoms with Crippen molar-refractivity contribution >= 4 is 35.0 Å². The van der Waals surface area contributed by atoms with Gasteiger partial charge in [0.25, 0.3) is 5.91 Å². The highest BCUT2D eigenvalue weighted by molar-refractivity contribution is 6.02. The van der Waals surface area contributed by atoms with Gasteiger partial charge in [-0.05, 0) is 99.8 Å². The summed E-state index contributed by atoms with van der Waals surface area (Å²) in [6.45, 7) is 6.26. The molecule has 0 aliphatic carbocycles. The minimum atomic E-state index is -0.575. The van der Waals surface area contributed by atoms with Gasteiger partial charge in [-0.25, -0.2) is 14.0 Å². The summed E-state index contributed by atoms with van der Waals surface area (Å²) in [7, 11) is 3.27. The molecule has 0 radical (unpaired) electrons. The van der Waals surface area contributed by atoms with Gasteiger partial charge in [0.2, 0.25) is 0 Å². The quantitative estimate of drug-likeness (QED) is 0.213. The molecule has 4 rings (SSSR count). The number of nitrogens with one attached hydrogen (secondary N) is 3. The van der Waals surface area contributed by atoms with E-state index in [-0.39, 0.29) is 43.3 Å². The molecule has 0 saturated carbocycles. The number of anilines is 3. The maximum absolute atomic E-state index is 14.4. The van der Waals surface area contributed by atoms with Crippen molar-refractivity contribution in [1.82, 2.24) is 9.80 Å². The molecule has 0 fully saturated rings. The van der Waals surface area contributed by atoms with E-state index in [0.717, 1.165) is 12.8 Å². The van der Waals surface area contributed by atoms with E-state index in [1.165, 1.54) is 24.3 Å². The van der Waals surface area contributed by atoms with Crippen LogP contribution in [0.25, 0.3) is 0 Å². The van der Waals surface area contributed by atoms with Gasteiger partial charge in [-0.2, -0.15) is 0 Å². The van der Waals surface area contributed by atoms with Crippen LogP contribution < -0.4 is 25.4 Å². The normalized spacial score (nSPS) is 19.2. The number of halogens is 1. The second kappa shape index (κ2) is 18.2. The van der Waals surface area contributed by atoms with E-state index in [9.17, 15) is 23.9 Å². The lowest BCUT2D eigenvalue weighted by atomic mass is 10.0. The minimum Gasteiger partial charge on any atom is -0.497 e. The number of likely N-dealkylation sites (N-methyl/N-ethyl adjacent to an activating group) is 1. The smallest absolute Gasteiger partial charge is 0.323 e. The van der Waals surface area contributed by atoms with Crippen LogP contribution in [0.15, 0.2) is 66.7 Å². The molecule has 1 aliphatic rings. The van der Waals surface area contributed by atoms with Crippen molar-refractivity contribution < 1.29 is 38.1 Å². The fourth-order valence-corrected chi connectivity index (χ4v) is 5.54. The monoisotopic (exact) mass is 693 g/mol. The van der Waals surface area contributed by atoms with Gasteiger partial charge >= 0.3 is 12.1 Å². The largest absolute Gasteiger partial charge is 0.497 e. The summed E-state index contributed by atoms with van der Waals surface area (Å²) in [6.07, 6.45) is 1.64. The molecule has 4 N–H and O–H groups in total. The maximum atomic E-state index is 14.4. The van der Waals surface area contributed by atoms with Gasteiger partial charge in [0.1, 0.15) is 17.3 Å². The van der Waals surface area contributed by atoms with Gasteiger partial charge in [0, 0.05) is 49.7 Å². The van der Waals surface area contributed by atoms with Crippen molar-refractivity contribution in [2.45, 2.75) is 58.3 Å². The molecule has 1 heterocycles. The first-order chi connectivity index (χ1) is 24.0. The Labute approximate surface area is 292 Å². The highest BCUT2D eigenvalue weighted by Crippen LogP contribution is 2.29. The molecule has 0 saturated heterocycles. The Kier molecular flexibility index (Phi) is 13.8. The molecular formula is C37H48FN5O7. The van der Waals surface area contributed by atoms with Crippen molar-refractivity contribution in [3.05, 3.63) is 78.1 Å². The maximum Gasteiger partial charge on any atom is 0.323 e. The van der Waals surface area contributed by atoms with Crippen LogP contribution >= 0.6 is 0 Å². The predicted octanol–water partition coefficient (Wildman–Crippen LogP) is 6.44. The first-order valence-corrected chi connectivity index (χ1v) is 16.8. The van der Waals surface area contributed by atoms with Crippen LogP contribution in [-0.4, -0.2) is 91.6 Å². The van der Waals surface area contributed by atoms with Gasteiger partial charge in [0.15, 0.2) is 0 Å². The molecule has 0 aromatic heterocycles. The van der Waals surface area contributed by atoms with Gasteiger partial charge in [-0.15, -0.1) is 0 Å². The second-order valence-corrected chi connectivity index (χ2v) is 12.6. The van der Waals surface area contributed by atoms with Crippen LogP contribution in [0.1, 0.15) is 50.4 Å². The highest BCUT2D eigenvalue weighted by atomic mass is 19.1. The van der Waals surface area contributed by atoms with Crippen LogP contribution in [-0.2, 0) is 4.74 Å². The molecule has 0 spiro atoms. The van der Waals surface area contributed by atoms with E-state index in [4.69, 9.17) is 14.2 Å². The van der Waals surface area contributed by atoms with Crippen LogP contribution in [0.5, 0.6) is 11.5 Å². The molecule has 3 aromatic rings. The number of ether oxygens (including phenoxy) is 3. The third-order valence-electron chi connectivity index (χ3n) is 8.55. The lowest BCUT2D eigenvalue weighted by Gasteiger charge is -2.35. The topological polar surface area (TPSA) is 142 Å². The standard InChI is InChI=1S/C37H48FN5O7/c1-24-21-43(25(2)23-44)35(45)32-20-30(40-36(46)39-28-11-9-27(38)10-12-28)15-18-33(32)50-26(3)8-6-7-19-49-34(24)22-42(4)37(47)41-29-13-16-31(48-5)17-14-29/h9-18,20,24-26,34,44H,6-8,19,21-23H2,1-5H3,(H,41,47)(H2,39,40,46)/t24-,25+,26+,34+/m0/s1. The molecule has 50 heavy (non-hydrogen) atoms. The van der Waals surface area contributed by atoms with Gasteiger partial charge < -0.3 is 45.1 Å². The summed E-state index contributed by atoms with van der Waals surface area (Å²) < 4.78 is 31.1. The van der Waals surface area contributed by atoms with Crippen LogP contribution in [0, 0.1) is 11.7 Å². The third-order valence-corrected chi connectivity index (χ3v) is 8.55. The lowest BCUT2D eigenvalue weighted by molar-refractivity contribution is -0.0115. The molecule has 3 aromatic carbocycles. The van der Waals surface area contributed by atoms with Crippen molar-refractivity contribution in [3.8, 4) is 11.5 Å². The Balaban J connectivity index is 1.56. The number of hydrogen-bond acceptors (Lipinski definition) is 7. The van der Waals surface area contributed by atoms with Crippen LogP contribution in [0.4, 0.5) is 31.0 Å². The summed E-state index contributed by atoms with van der Waals surface area (Å²) in [5, 5.41) is 18.5. The Hall–Kier alpha value is -4.88. The third kappa shape index (κ3) is 10.8. The molecule has 0 bridgehead atoms. The summed E-state index contributed by atoms with van der Waals surface area (Å²) in [5.41, 5.74) is 1.57. The number of hydrogen-bond donors (Lipinski definition) is 4. The van der Waals surface area contributed by atoms with E-state index in [1.54, 1.807) is 73.3 Å². The molecular weight excluding hydrogens is 645 g/mol. The molecule has 0 unspecified atom stereocenters. The summed E-state index contributed by atoms with van der Waals surface area (Å²) in [4.78, 5) is 43.4. The van der Waals surface area contributed by atoms with Gasteiger partial charge in [-0.3, -0.25) is 4.79 Å². The number of aliphatic hydroxyl groups is 1. The van der Waals surface area contributed by atoms with Crippen LogP contribution in [0.3, 0.4) is 0 Å². The number of fused-ring (bicyclic) bond motifs is 1. The van der Waals surface area contributed by atoms with Gasteiger partial charge in [-0.1, -0.05) is 6.92 Å². The Bertz CT molecular complexity index is 1570. The number of nitrogens with zero attached hydrogens (tertiary/aromatic N) is 2. The van der Waals surface area contributed by atoms with Crippen LogP contribution in [0.2, 0.25) is 0 Å². The van der Waals surface area contributed by atoms with E-state index in [1.807, 2.05) is 13.8 Å². The lowest BCUT2D eigenvalue weighted by Crippen LogP contribution is -2.48. The van der Waals surface area contributed by atoms with Crippen molar-refractivity contribution in [2.24, 2.45) is 5.92 Å². The number of benzene rings is 3. The molecule has 12 nitrogen and oxygen atoms in total. The number of aliphatic hydroxyl groups excluding tert-OH is 1. The number of amides is 5. The van der Waals surface area contributed by atoms with Gasteiger partial charge in [0.05, 0.1) is 37.5 Å². The Morgan fingerprint density at radius 3 is 2.32 bits per heavy atom. The average Bonchev–Trinajstić information content (AvgIpc) is 3.10.